The van der Waals surface area contributed by atoms with Gasteiger partial charge in [-0.25, -0.2) is 4.79 Å². The summed E-state index contributed by atoms with van der Waals surface area (Å²) in [6, 6.07) is 5.71. The van der Waals surface area contributed by atoms with E-state index < -0.39 is 11.6 Å². The number of hydrogen-bond donors (Lipinski definition) is 3. The molecule has 3 N–H and O–H groups in total. The number of piperidine rings is 1. The Morgan fingerprint density at radius 3 is 3.00 bits per heavy atom. The Bertz CT molecular complexity index is 414. The van der Waals surface area contributed by atoms with Crippen LogP contribution in [0.25, 0.3) is 0 Å². The number of nitrogens with one attached hydrogen (secondary N) is 2. The van der Waals surface area contributed by atoms with Crippen LogP contribution < -0.4 is 10.6 Å². The lowest BCUT2D eigenvalue weighted by atomic mass is 9.86. The van der Waals surface area contributed by atoms with Crippen LogP contribution in [-0.2, 0) is 5.54 Å². The Morgan fingerprint density at radius 2 is 2.41 bits per heavy atom. The quantitative estimate of drug-likeness (QED) is 0.721. The van der Waals surface area contributed by atoms with Crippen molar-refractivity contribution in [2.45, 2.75) is 25.3 Å². The Kier molecular flexibility index (Phi) is 3.28. The molecule has 1 aromatic heterocycles. The number of rotatable bonds is 2. The van der Waals surface area contributed by atoms with Crippen LogP contribution >= 0.6 is 0 Å². The van der Waals surface area contributed by atoms with Gasteiger partial charge in [0.05, 0.1) is 11.2 Å². The Labute approximate surface area is 100 Å². The monoisotopic (exact) mass is 235 g/mol. The molecular formula is C12H17N3O2. The van der Waals surface area contributed by atoms with E-state index >= 15 is 0 Å². The van der Waals surface area contributed by atoms with Gasteiger partial charge in [-0.3, -0.25) is 4.98 Å². The largest absolute Gasteiger partial charge is 0.465 e. The Hall–Kier alpha value is -1.62. The van der Waals surface area contributed by atoms with Gasteiger partial charge in [0.1, 0.15) is 0 Å². The van der Waals surface area contributed by atoms with E-state index in [-0.39, 0.29) is 0 Å². The molecule has 0 radical (unpaired) electrons. The van der Waals surface area contributed by atoms with Crippen molar-refractivity contribution in [1.82, 2.24) is 15.6 Å². The summed E-state index contributed by atoms with van der Waals surface area (Å²) < 4.78 is 0. The second kappa shape index (κ2) is 4.71. The van der Waals surface area contributed by atoms with E-state index in [9.17, 15) is 4.79 Å². The van der Waals surface area contributed by atoms with Crippen molar-refractivity contribution in [3.05, 3.63) is 29.6 Å². The molecule has 1 aliphatic heterocycles. The standard InChI is InChI=1S/C12H17N3O2/c1-9-4-2-5-10(14-9)12(15-11(16)17)6-3-7-13-8-12/h2,4-5,13,15H,3,6-8H2,1H3,(H,16,17). The molecular weight excluding hydrogens is 218 g/mol. The maximum Gasteiger partial charge on any atom is 0.405 e. The topological polar surface area (TPSA) is 74.2 Å². The van der Waals surface area contributed by atoms with Crippen molar-refractivity contribution in [1.29, 1.82) is 0 Å². The first-order chi connectivity index (χ1) is 8.12. The van der Waals surface area contributed by atoms with Crippen molar-refractivity contribution in [2.75, 3.05) is 13.1 Å². The number of pyridine rings is 1. The van der Waals surface area contributed by atoms with Gasteiger partial charge in [-0.05, 0) is 38.4 Å². The molecule has 17 heavy (non-hydrogen) atoms. The second-order valence-corrected chi connectivity index (χ2v) is 4.46. The first-order valence-corrected chi connectivity index (χ1v) is 5.78. The fourth-order valence-electron chi connectivity index (χ4n) is 2.31. The van der Waals surface area contributed by atoms with Gasteiger partial charge in [0.25, 0.3) is 0 Å². The lowest BCUT2D eigenvalue weighted by Gasteiger charge is -2.37. The average molecular weight is 235 g/mol. The molecule has 92 valence electrons. The predicted octanol–water partition coefficient (Wildman–Crippen LogP) is 1.24. The Balaban J connectivity index is 2.35. The zero-order valence-corrected chi connectivity index (χ0v) is 9.86. The number of carboxylic acid groups (broad SMARTS) is 1. The number of nitrogens with zero attached hydrogens (tertiary/aromatic N) is 1. The molecule has 5 heteroatoms. The minimum absolute atomic E-state index is 0.587. The molecule has 1 aromatic rings. The summed E-state index contributed by atoms with van der Waals surface area (Å²) in [5, 5.41) is 14.9. The molecule has 1 saturated heterocycles. The third-order valence-electron chi connectivity index (χ3n) is 3.11. The average Bonchev–Trinajstić information content (AvgIpc) is 2.29. The van der Waals surface area contributed by atoms with E-state index in [1.165, 1.54) is 0 Å². The van der Waals surface area contributed by atoms with Gasteiger partial charge in [0, 0.05) is 12.2 Å². The van der Waals surface area contributed by atoms with Crippen LogP contribution in [0.15, 0.2) is 18.2 Å². The Morgan fingerprint density at radius 1 is 1.59 bits per heavy atom. The van der Waals surface area contributed by atoms with Crippen LogP contribution in [0.5, 0.6) is 0 Å². The number of carbonyl (C=O) groups is 1. The van der Waals surface area contributed by atoms with E-state index in [0.29, 0.717) is 6.54 Å². The maximum absolute atomic E-state index is 11.0. The van der Waals surface area contributed by atoms with Gasteiger partial charge in [0.15, 0.2) is 0 Å². The normalized spacial score (nSPS) is 24.3. The molecule has 1 amide bonds. The highest BCUT2D eigenvalue weighted by molar-refractivity contribution is 5.66. The van der Waals surface area contributed by atoms with Crippen LogP contribution in [0.2, 0.25) is 0 Å². The van der Waals surface area contributed by atoms with Crippen molar-refractivity contribution in [2.24, 2.45) is 0 Å². The van der Waals surface area contributed by atoms with Crippen LogP contribution in [-0.4, -0.2) is 29.3 Å². The third kappa shape index (κ3) is 2.55. The van der Waals surface area contributed by atoms with Crippen LogP contribution in [0.1, 0.15) is 24.2 Å². The smallest absolute Gasteiger partial charge is 0.405 e. The number of aromatic nitrogens is 1. The molecule has 2 rings (SSSR count). The van der Waals surface area contributed by atoms with E-state index in [4.69, 9.17) is 5.11 Å². The summed E-state index contributed by atoms with van der Waals surface area (Å²) in [6.45, 7) is 3.43. The third-order valence-corrected chi connectivity index (χ3v) is 3.11. The minimum Gasteiger partial charge on any atom is -0.465 e. The van der Waals surface area contributed by atoms with E-state index in [1.807, 2.05) is 25.1 Å². The predicted molar refractivity (Wildman–Crippen MR) is 63.9 cm³/mol. The fourth-order valence-corrected chi connectivity index (χ4v) is 2.31. The number of hydrogen-bond acceptors (Lipinski definition) is 3. The van der Waals surface area contributed by atoms with Crippen molar-refractivity contribution < 1.29 is 9.90 Å². The van der Waals surface area contributed by atoms with Gasteiger partial charge in [-0.1, -0.05) is 6.07 Å². The van der Waals surface area contributed by atoms with Crippen LogP contribution in [0, 0.1) is 6.92 Å². The fraction of sp³-hybridized carbons (Fsp3) is 0.500. The molecule has 1 unspecified atom stereocenters. The summed E-state index contributed by atoms with van der Waals surface area (Å²) in [5.74, 6) is 0. The lowest BCUT2D eigenvalue weighted by molar-refractivity contribution is 0.165. The van der Waals surface area contributed by atoms with Crippen LogP contribution in [0.4, 0.5) is 4.79 Å². The van der Waals surface area contributed by atoms with Gasteiger partial charge >= 0.3 is 6.09 Å². The van der Waals surface area contributed by atoms with Crippen molar-refractivity contribution in [3.8, 4) is 0 Å². The highest BCUT2D eigenvalue weighted by Gasteiger charge is 2.36. The summed E-state index contributed by atoms with van der Waals surface area (Å²) in [5.41, 5.74) is 1.11. The van der Waals surface area contributed by atoms with Crippen LogP contribution in [0.3, 0.4) is 0 Å². The van der Waals surface area contributed by atoms with Gasteiger partial charge in [0.2, 0.25) is 0 Å². The first kappa shape index (κ1) is 11.9. The molecule has 0 bridgehead atoms. The zero-order valence-electron chi connectivity index (χ0n) is 9.86. The summed E-state index contributed by atoms with van der Waals surface area (Å²) >= 11 is 0. The van der Waals surface area contributed by atoms with E-state index in [2.05, 4.69) is 15.6 Å². The van der Waals surface area contributed by atoms with Crippen molar-refractivity contribution in [3.63, 3.8) is 0 Å². The summed E-state index contributed by atoms with van der Waals surface area (Å²) in [6.07, 6.45) is 0.718. The lowest BCUT2D eigenvalue weighted by Crippen LogP contribution is -2.55. The van der Waals surface area contributed by atoms with Gasteiger partial charge in [-0.2, -0.15) is 0 Å². The molecule has 1 fully saturated rings. The molecule has 1 atom stereocenters. The molecule has 1 aliphatic rings. The molecule has 0 aromatic carbocycles. The van der Waals surface area contributed by atoms with E-state index in [1.54, 1.807) is 0 Å². The number of aryl methyl sites for hydroxylation is 1. The minimum atomic E-state index is -1.00. The summed E-state index contributed by atoms with van der Waals surface area (Å²) in [7, 11) is 0. The highest BCUT2D eigenvalue weighted by Crippen LogP contribution is 2.27. The maximum atomic E-state index is 11.0. The second-order valence-electron chi connectivity index (χ2n) is 4.46. The highest BCUT2D eigenvalue weighted by atomic mass is 16.4. The molecule has 0 spiro atoms. The molecule has 2 heterocycles. The van der Waals surface area contributed by atoms with Gasteiger partial charge < -0.3 is 15.7 Å². The summed E-state index contributed by atoms with van der Waals surface area (Å²) in [4.78, 5) is 15.4. The molecule has 0 saturated carbocycles. The molecule has 5 nitrogen and oxygen atoms in total. The van der Waals surface area contributed by atoms with Gasteiger partial charge in [-0.15, -0.1) is 0 Å². The zero-order chi connectivity index (χ0) is 12.3. The van der Waals surface area contributed by atoms with E-state index in [0.717, 1.165) is 30.8 Å². The SMILES string of the molecule is Cc1cccc(C2(NC(=O)O)CCCNC2)n1. The first-order valence-electron chi connectivity index (χ1n) is 5.78. The van der Waals surface area contributed by atoms with Crippen molar-refractivity contribution >= 4 is 6.09 Å². The number of amides is 1. The molecule has 0 aliphatic carbocycles.